The summed E-state index contributed by atoms with van der Waals surface area (Å²) in [4.78, 5) is 11.6. The molecule has 0 spiro atoms. The van der Waals surface area contributed by atoms with E-state index < -0.39 is 5.91 Å². The van der Waals surface area contributed by atoms with Gasteiger partial charge in [0.1, 0.15) is 18.1 Å². The lowest BCUT2D eigenvalue weighted by molar-refractivity contribution is -0.119. The van der Waals surface area contributed by atoms with Crippen molar-refractivity contribution in [2.24, 2.45) is 5.73 Å². The largest absolute Gasteiger partial charge is 0.488 e. The van der Waals surface area contributed by atoms with E-state index in [0.717, 1.165) is 15.0 Å². The fraction of sp³-hybridized carbons (Fsp3) is 0.154. The van der Waals surface area contributed by atoms with Crippen molar-refractivity contribution in [3.8, 4) is 11.5 Å². The second-order valence-electron chi connectivity index (χ2n) is 3.72. The fourth-order valence-corrected chi connectivity index (χ4v) is 2.37. The molecule has 0 atom stereocenters. The summed E-state index contributed by atoms with van der Waals surface area (Å²) in [6.07, 6.45) is 0. The van der Waals surface area contributed by atoms with Crippen molar-refractivity contribution in [2.75, 3.05) is 6.61 Å². The van der Waals surface area contributed by atoms with Gasteiger partial charge in [0.2, 0.25) is 0 Å². The highest BCUT2D eigenvalue weighted by Gasteiger charge is 2.01. The minimum atomic E-state index is -0.505. The Bertz CT molecular complexity index is 553. The van der Waals surface area contributed by atoms with Gasteiger partial charge in [-0.05, 0) is 36.4 Å². The van der Waals surface area contributed by atoms with Gasteiger partial charge >= 0.3 is 0 Å². The fourth-order valence-electron chi connectivity index (χ4n) is 1.37. The van der Waals surface area contributed by atoms with Crippen molar-refractivity contribution in [1.29, 1.82) is 0 Å². The molecule has 1 aromatic carbocycles. The third kappa shape index (κ3) is 4.46. The van der Waals surface area contributed by atoms with Crippen LogP contribution in [0.1, 0.15) is 4.88 Å². The Kier molecular flexibility index (Phi) is 4.65. The first-order valence-electron chi connectivity index (χ1n) is 5.51. The molecule has 2 N–H and O–H groups in total. The van der Waals surface area contributed by atoms with Gasteiger partial charge in [-0.3, -0.25) is 4.79 Å². The van der Waals surface area contributed by atoms with E-state index in [-0.39, 0.29) is 6.61 Å². The topological polar surface area (TPSA) is 61.6 Å². The molecule has 1 aromatic heterocycles. The molecule has 0 bridgehead atoms. The smallest absolute Gasteiger partial charge is 0.255 e. The second-order valence-corrected chi connectivity index (χ2v) is 5.52. The highest BCUT2D eigenvalue weighted by Crippen LogP contribution is 2.24. The predicted octanol–water partition coefficient (Wildman–Crippen LogP) is 2.84. The summed E-state index contributed by atoms with van der Waals surface area (Å²) < 4.78 is 11.5. The summed E-state index contributed by atoms with van der Waals surface area (Å²) in [5, 5.41) is 0. The van der Waals surface area contributed by atoms with Crippen LogP contribution in [0.25, 0.3) is 0 Å². The number of hydrogen-bond donors (Lipinski definition) is 1. The molecule has 0 aliphatic rings. The molecule has 0 radical (unpaired) electrons. The maximum absolute atomic E-state index is 10.6. The average Bonchev–Trinajstić information content (AvgIpc) is 2.81. The van der Waals surface area contributed by atoms with Crippen LogP contribution in [0.4, 0.5) is 0 Å². The maximum Gasteiger partial charge on any atom is 0.255 e. The third-order valence-electron chi connectivity index (χ3n) is 2.21. The van der Waals surface area contributed by atoms with Crippen LogP contribution in [0.3, 0.4) is 0 Å². The van der Waals surface area contributed by atoms with Gasteiger partial charge in [-0.15, -0.1) is 11.3 Å². The number of primary amides is 1. The Labute approximate surface area is 119 Å². The number of amides is 1. The number of carbonyl (C=O) groups is 1. The van der Waals surface area contributed by atoms with Gasteiger partial charge in [-0.25, -0.2) is 0 Å². The van der Waals surface area contributed by atoms with E-state index in [1.54, 1.807) is 24.3 Å². The van der Waals surface area contributed by atoms with Crippen LogP contribution in [0.5, 0.6) is 11.5 Å². The molecular weight excluding hydrogens is 286 g/mol. The molecule has 0 fully saturated rings. The number of ether oxygens (including phenoxy) is 2. The van der Waals surface area contributed by atoms with E-state index in [2.05, 4.69) is 0 Å². The zero-order valence-corrected chi connectivity index (χ0v) is 11.5. The molecule has 1 amide bonds. The zero-order chi connectivity index (χ0) is 13.7. The number of thiophene rings is 1. The Morgan fingerprint density at radius 3 is 2.26 bits per heavy atom. The Balaban J connectivity index is 1.86. The molecule has 6 heteroatoms. The van der Waals surface area contributed by atoms with Gasteiger partial charge < -0.3 is 15.2 Å². The van der Waals surface area contributed by atoms with E-state index >= 15 is 0 Å². The molecule has 4 nitrogen and oxygen atoms in total. The van der Waals surface area contributed by atoms with Crippen LogP contribution in [-0.4, -0.2) is 12.5 Å². The molecule has 0 saturated heterocycles. The minimum Gasteiger partial charge on any atom is -0.488 e. The summed E-state index contributed by atoms with van der Waals surface area (Å²) in [5.74, 6) is 0.788. The molecule has 2 rings (SSSR count). The lowest BCUT2D eigenvalue weighted by Gasteiger charge is -2.06. The normalized spacial score (nSPS) is 10.2. The Morgan fingerprint density at radius 1 is 1.11 bits per heavy atom. The van der Waals surface area contributed by atoms with Crippen molar-refractivity contribution in [3.05, 3.63) is 45.6 Å². The Morgan fingerprint density at radius 2 is 1.74 bits per heavy atom. The zero-order valence-electron chi connectivity index (χ0n) is 9.97. The summed E-state index contributed by atoms with van der Waals surface area (Å²) in [7, 11) is 0. The van der Waals surface area contributed by atoms with Crippen molar-refractivity contribution in [3.63, 3.8) is 0 Å². The molecule has 19 heavy (non-hydrogen) atoms. The number of halogens is 1. The maximum atomic E-state index is 10.6. The van der Waals surface area contributed by atoms with Gasteiger partial charge in [-0.1, -0.05) is 11.6 Å². The number of carbonyl (C=O) groups excluding carboxylic acids is 1. The van der Waals surface area contributed by atoms with Crippen LogP contribution >= 0.6 is 22.9 Å². The van der Waals surface area contributed by atoms with Crippen molar-refractivity contribution in [1.82, 2.24) is 0 Å². The molecule has 0 aliphatic heterocycles. The minimum absolute atomic E-state index is 0.131. The monoisotopic (exact) mass is 297 g/mol. The van der Waals surface area contributed by atoms with Crippen LogP contribution in [0, 0.1) is 0 Å². The lowest BCUT2D eigenvalue weighted by Crippen LogP contribution is -2.19. The van der Waals surface area contributed by atoms with Gasteiger partial charge in [0.15, 0.2) is 6.61 Å². The first-order valence-corrected chi connectivity index (χ1v) is 6.71. The highest BCUT2D eigenvalue weighted by atomic mass is 35.5. The van der Waals surface area contributed by atoms with Crippen molar-refractivity contribution >= 4 is 28.8 Å². The van der Waals surface area contributed by atoms with Crippen LogP contribution in [-0.2, 0) is 11.4 Å². The molecule has 0 aliphatic carbocycles. The van der Waals surface area contributed by atoms with Crippen LogP contribution in [0.2, 0.25) is 4.34 Å². The van der Waals surface area contributed by atoms with Crippen molar-refractivity contribution in [2.45, 2.75) is 6.61 Å². The summed E-state index contributed by atoms with van der Waals surface area (Å²) in [5.41, 5.74) is 4.99. The van der Waals surface area contributed by atoms with Gasteiger partial charge in [0.25, 0.3) is 5.91 Å². The van der Waals surface area contributed by atoms with Crippen LogP contribution < -0.4 is 15.2 Å². The Hall–Kier alpha value is -1.72. The molecule has 1 heterocycles. The number of benzene rings is 1. The molecule has 2 aromatic rings. The standard InChI is InChI=1S/C13H12ClNO3S/c14-12-6-5-11(19-12)7-17-9-1-3-10(4-2-9)18-8-13(15)16/h1-6H,7-8H2,(H2,15,16). The molecule has 0 saturated carbocycles. The second kappa shape index (κ2) is 6.45. The lowest BCUT2D eigenvalue weighted by atomic mass is 10.3. The molecule has 100 valence electrons. The molecule has 0 unspecified atom stereocenters. The SMILES string of the molecule is NC(=O)COc1ccc(OCc2ccc(Cl)s2)cc1. The van der Waals surface area contributed by atoms with Crippen LogP contribution in [0.15, 0.2) is 36.4 Å². The van der Waals surface area contributed by atoms with Gasteiger partial charge in [0.05, 0.1) is 4.34 Å². The third-order valence-corrected chi connectivity index (χ3v) is 3.42. The summed E-state index contributed by atoms with van der Waals surface area (Å²) in [6, 6.07) is 10.7. The number of hydrogen-bond acceptors (Lipinski definition) is 4. The van der Waals surface area contributed by atoms with Gasteiger partial charge in [-0.2, -0.15) is 0 Å². The summed E-state index contributed by atoms with van der Waals surface area (Å²) in [6.45, 7) is 0.340. The molecular formula is C13H12ClNO3S. The number of rotatable bonds is 6. The quantitative estimate of drug-likeness (QED) is 0.892. The van der Waals surface area contributed by atoms with E-state index in [0.29, 0.717) is 12.4 Å². The van der Waals surface area contributed by atoms with E-state index in [1.165, 1.54) is 11.3 Å². The van der Waals surface area contributed by atoms with E-state index in [9.17, 15) is 4.79 Å². The van der Waals surface area contributed by atoms with Gasteiger partial charge in [0, 0.05) is 4.88 Å². The first-order chi connectivity index (χ1) is 9.13. The van der Waals surface area contributed by atoms with E-state index in [1.807, 2.05) is 12.1 Å². The van der Waals surface area contributed by atoms with E-state index in [4.69, 9.17) is 26.8 Å². The highest BCUT2D eigenvalue weighted by molar-refractivity contribution is 7.16. The average molecular weight is 298 g/mol. The predicted molar refractivity (Wildman–Crippen MR) is 74.8 cm³/mol. The number of nitrogens with two attached hydrogens (primary N) is 1. The summed E-state index contributed by atoms with van der Waals surface area (Å²) >= 11 is 7.32. The van der Waals surface area contributed by atoms with Crippen molar-refractivity contribution < 1.29 is 14.3 Å². The first kappa shape index (κ1) is 13.7.